The molecule has 3 saturated heterocycles. The predicted molar refractivity (Wildman–Crippen MR) is 165 cm³/mol. The molecule has 1 saturated carbocycles. The van der Waals surface area contributed by atoms with Crippen LogP contribution in [0.1, 0.15) is 103 Å². The zero-order valence-corrected chi connectivity index (χ0v) is 26.3. The van der Waals surface area contributed by atoms with Gasteiger partial charge in [-0.3, -0.25) is 20.3 Å². The Morgan fingerprint density at radius 3 is 2.36 bits per heavy atom. The Bertz CT molecular complexity index is 1040. The third kappa shape index (κ3) is 8.90. The van der Waals surface area contributed by atoms with Gasteiger partial charge in [0.2, 0.25) is 0 Å². The zero-order chi connectivity index (χ0) is 30.8. The SMILES string of the molecule is CCCCCCCCCCO[C@@H]1[C@H]2OC3(CCCCC3)O[C@H]2O[C@@H]1[C@@H](CN1CCCC1)OC(=O)Nc1ccc([N+](=O)[O-])cc1. The van der Waals surface area contributed by atoms with Crippen LogP contribution in [0.3, 0.4) is 0 Å². The molecule has 0 unspecified atom stereocenters. The van der Waals surface area contributed by atoms with Gasteiger partial charge in [-0.05, 0) is 57.3 Å². The summed E-state index contributed by atoms with van der Waals surface area (Å²) in [7, 11) is 0. The average Bonchev–Trinajstić information content (AvgIpc) is 3.73. The Kier molecular flexibility index (Phi) is 12.3. The fourth-order valence-electron chi connectivity index (χ4n) is 7.01. The van der Waals surface area contributed by atoms with Crippen molar-refractivity contribution in [1.82, 2.24) is 4.90 Å². The summed E-state index contributed by atoms with van der Waals surface area (Å²) in [6.45, 7) is 5.21. The third-order valence-corrected chi connectivity index (χ3v) is 9.40. The smallest absolute Gasteiger partial charge is 0.412 e. The molecule has 3 heterocycles. The van der Waals surface area contributed by atoms with Gasteiger partial charge >= 0.3 is 6.09 Å². The van der Waals surface area contributed by atoms with Gasteiger partial charge < -0.3 is 23.7 Å². The first-order valence-corrected chi connectivity index (χ1v) is 17.0. The van der Waals surface area contributed by atoms with Crippen molar-refractivity contribution >= 4 is 17.5 Å². The fraction of sp³-hybridized carbons (Fsp3) is 0.788. The minimum absolute atomic E-state index is 0.0473. The summed E-state index contributed by atoms with van der Waals surface area (Å²) in [5.74, 6) is -0.614. The van der Waals surface area contributed by atoms with Gasteiger partial charge in [-0.1, -0.05) is 58.3 Å². The molecule has 1 spiro atoms. The van der Waals surface area contributed by atoms with Crippen molar-refractivity contribution in [2.45, 2.75) is 140 Å². The highest BCUT2D eigenvalue weighted by atomic mass is 16.8. The van der Waals surface area contributed by atoms with Crippen molar-refractivity contribution in [1.29, 1.82) is 0 Å². The van der Waals surface area contributed by atoms with E-state index in [0.717, 1.165) is 64.5 Å². The van der Waals surface area contributed by atoms with Crippen LogP contribution in [0.5, 0.6) is 0 Å². The largest absolute Gasteiger partial charge is 0.442 e. The summed E-state index contributed by atoms with van der Waals surface area (Å²) in [5, 5.41) is 13.7. The molecule has 4 aliphatic rings. The topological polar surface area (TPSA) is 122 Å². The lowest BCUT2D eigenvalue weighted by molar-refractivity contribution is -0.384. The van der Waals surface area contributed by atoms with E-state index in [2.05, 4.69) is 17.1 Å². The van der Waals surface area contributed by atoms with Crippen LogP contribution in [0.2, 0.25) is 0 Å². The van der Waals surface area contributed by atoms with Crippen molar-refractivity contribution in [2.24, 2.45) is 0 Å². The van der Waals surface area contributed by atoms with Crippen LogP contribution in [0.15, 0.2) is 24.3 Å². The molecule has 3 aliphatic heterocycles. The number of amides is 1. The summed E-state index contributed by atoms with van der Waals surface area (Å²) in [4.78, 5) is 26.0. The molecule has 44 heavy (non-hydrogen) atoms. The number of ether oxygens (including phenoxy) is 5. The first kappa shape index (κ1) is 33.1. The number of hydrogen-bond donors (Lipinski definition) is 1. The monoisotopic (exact) mass is 617 g/mol. The maximum atomic E-state index is 13.1. The van der Waals surface area contributed by atoms with E-state index in [9.17, 15) is 14.9 Å². The molecular formula is C33H51N3O8. The first-order valence-electron chi connectivity index (χ1n) is 17.0. The Hall–Kier alpha value is -2.31. The number of fused-ring (bicyclic) bond motifs is 1. The predicted octanol–water partition coefficient (Wildman–Crippen LogP) is 6.93. The molecule has 0 bridgehead atoms. The van der Waals surface area contributed by atoms with E-state index in [4.69, 9.17) is 23.7 Å². The maximum absolute atomic E-state index is 13.1. The molecule has 1 aliphatic carbocycles. The van der Waals surface area contributed by atoms with Gasteiger partial charge in [0.05, 0.1) is 4.92 Å². The van der Waals surface area contributed by atoms with Crippen molar-refractivity contribution < 1.29 is 33.4 Å². The number of unbranched alkanes of at least 4 members (excludes halogenated alkanes) is 7. The molecule has 1 N–H and O–H groups in total. The van der Waals surface area contributed by atoms with Crippen molar-refractivity contribution in [3.63, 3.8) is 0 Å². The summed E-state index contributed by atoms with van der Waals surface area (Å²) in [6.07, 6.45) is 13.8. The summed E-state index contributed by atoms with van der Waals surface area (Å²) in [5.41, 5.74) is 0.368. The van der Waals surface area contributed by atoms with Crippen LogP contribution >= 0.6 is 0 Å². The van der Waals surface area contributed by atoms with Crippen LogP contribution in [0.25, 0.3) is 0 Å². The van der Waals surface area contributed by atoms with Crippen LogP contribution < -0.4 is 5.32 Å². The fourth-order valence-corrected chi connectivity index (χ4v) is 7.01. The Morgan fingerprint density at radius 1 is 1.00 bits per heavy atom. The summed E-state index contributed by atoms with van der Waals surface area (Å²) in [6, 6.07) is 5.69. The minimum atomic E-state index is -0.642. The quantitative estimate of drug-likeness (QED) is 0.119. The molecule has 5 rings (SSSR count). The van der Waals surface area contributed by atoms with Gasteiger partial charge in [0.15, 0.2) is 12.1 Å². The summed E-state index contributed by atoms with van der Waals surface area (Å²) < 4.78 is 32.3. The van der Waals surface area contributed by atoms with Gasteiger partial charge in [-0.2, -0.15) is 0 Å². The van der Waals surface area contributed by atoms with E-state index in [0.29, 0.717) is 18.8 Å². The van der Waals surface area contributed by atoms with Crippen LogP contribution in [0.4, 0.5) is 16.2 Å². The van der Waals surface area contributed by atoms with E-state index >= 15 is 0 Å². The van der Waals surface area contributed by atoms with E-state index in [1.54, 1.807) is 0 Å². The number of hydrogen-bond acceptors (Lipinski definition) is 9. The van der Waals surface area contributed by atoms with Crippen molar-refractivity contribution in [3.05, 3.63) is 34.4 Å². The molecular weight excluding hydrogens is 566 g/mol. The normalized spacial score (nSPS) is 26.9. The number of nitro benzene ring substituents is 1. The lowest BCUT2D eigenvalue weighted by atomic mass is 9.94. The number of anilines is 1. The van der Waals surface area contributed by atoms with Gasteiger partial charge in [0.1, 0.15) is 24.4 Å². The van der Waals surface area contributed by atoms with Crippen molar-refractivity contribution in [3.8, 4) is 0 Å². The number of carbonyl (C=O) groups excluding carboxylic acids is 1. The maximum Gasteiger partial charge on any atom is 0.412 e. The molecule has 0 radical (unpaired) electrons. The molecule has 4 fully saturated rings. The highest BCUT2D eigenvalue weighted by Crippen LogP contribution is 2.46. The molecule has 1 amide bonds. The minimum Gasteiger partial charge on any atom is -0.442 e. The van der Waals surface area contributed by atoms with Gasteiger partial charge in [0.25, 0.3) is 5.69 Å². The van der Waals surface area contributed by atoms with Gasteiger partial charge in [0, 0.05) is 43.8 Å². The second-order valence-corrected chi connectivity index (χ2v) is 12.8. The second-order valence-electron chi connectivity index (χ2n) is 12.8. The number of nitro groups is 1. The molecule has 5 atom stereocenters. The number of likely N-dealkylation sites (tertiary alicyclic amines) is 1. The molecule has 11 nitrogen and oxygen atoms in total. The Labute approximate surface area is 261 Å². The standard InChI is InChI=1S/C33H51N3O8/c1-2-3-4-5-6-7-8-14-23-40-29-28(42-31-30(29)43-33(44-31)19-10-9-11-20-33)27(24-35-21-12-13-22-35)41-32(37)34-25-15-17-26(18-16-25)36(38)39/h15-18,27-31H,2-14,19-24H2,1H3,(H,34,37)/t27-,28-,29+,30-,31-/m1/s1. The number of rotatable bonds is 16. The summed E-state index contributed by atoms with van der Waals surface area (Å²) >= 11 is 0. The van der Waals surface area contributed by atoms with Crippen LogP contribution in [-0.4, -0.2) is 78.7 Å². The number of benzene rings is 1. The van der Waals surface area contributed by atoms with Gasteiger partial charge in [-0.25, -0.2) is 4.79 Å². The van der Waals surface area contributed by atoms with Gasteiger partial charge in [-0.15, -0.1) is 0 Å². The van der Waals surface area contributed by atoms with E-state index in [1.807, 2.05) is 0 Å². The second kappa shape index (κ2) is 16.3. The molecule has 246 valence electrons. The van der Waals surface area contributed by atoms with E-state index < -0.39 is 41.4 Å². The van der Waals surface area contributed by atoms with E-state index in [1.165, 1.54) is 69.2 Å². The first-order chi connectivity index (χ1) is 21.5. The van der Waals surface area contributed by atoms with Crippen molar-refractivity contribution in [2.75, 3.05) is 31.6 Å². The lowest BCUT2D eigenvalue weighted by Crippen LogP contribution is -2.49. The molecule has 1 aromatic rings. The van der Waals surface area contributed by atoms with Crippen LogP contribution in [-0.2, 0) is 23.7 Å². The third-order valence-electron chi connectivity index (χ3n) is 9.40. The molecule has 0 aromatic heterocycles. The highest BCUT2D eigenvalue weighted by molar-refractivity contribution is 5.84. The van der Waals surface area contributed by atoms with Crippen LogP contribution in [0, 0.1) is 10.1 Å². The number of carbonyl (C=O) groups is 1. The molecule has 11 heteroatoms. The average molecular weight is 618 g/mol. The number of nitrogens with zero attached hydrogens (tertiary/aromatic N) is 2. The molecule has 1 aromatic carbocycles. The Balaban J connectivity index is 1.24. The Morgan fingerprint density at radius 2 is 1.68 bits per heavy atom. The zero-order valence-electron chi connectivity index (χ0n) is 26.3. The lowest BCUT2D eigenvalue weighted by Gasteiger charge is -2.36. The highest BCUT2D eigenvalue weighted by Gasteiger charge is 2.60. The van der Waals surface area contributed by atoms with E-state index in [-0.39, 0.29) is 11.8 Å². The number of nitrogens with one attached hydrogen (secondary N) is 1. The number of non-ortho nitro benzene ring substituents is 1.